The lowest BCUT2D eigenvalue weighted by Crippen LogP contribution is -2.22. The van der Waals surface area contributed by atoms with Gasteiger partial charge in [0.2, 0.25) is 12.7 Å². The van der Waals surface area contributed by atoms with Crippen molar-refractivity contribution in [2.24, 2.45) is 0 Å². The number of aromatic nitrogens is 4. The van der Waals surface area contributed by atoms with Gasteiger partial charge >= 0.3 is 0 Å². The van der Waals surface area contributed by atoms with Gasteiger partial charge in [-0.15, -0.1) is 10.2 Å². The minimum absolute atomic E-state index is 0.125. The highest BCUT2D eigenvalue weighted by atomic mass is 32.2. The van der Waals surface area contributed by atoms with Gasteiger partial charge in [0.1, 0.15) is 0 Å². The zero-order chi connectivity index (χ0) is 19.5. The normalized spacial score (nSPS) is 13.4. The maximum absolute atomic E-state index is 12.6. The van der Waals surface area contributed by atoms with Gasteiger partial charge in [-0.1, -0.05) is 11.8 Å². The van der Waals surface area contributed by atoms with Crippen LogP contribution in [0.4, 0.5) is 5.69 Å². The van der Waals surface area contributed by atoms with Crippen LogP contribution >= 0.6 is 11.8 Å². The van der Waals surface area contributed by atoms with E-state index < -0.39 is 0 Å². The number of ether oxygens (including phenoxy) is 2. The Balaban J connectivity index is 1.46. The molecule has 1 amide bonds. The lowest BCUT2D eigenvalue weighted by Gasteiger charge is -2.13. The molecule has 9 heteroatoms. The Morgan fingerprint density at radius 2 is 2.00 bits per heavy atom. The summed E-state index contributed by atoms with van der Waals surface area (Å²) in [5.74, 6) is 1.95. The van der Waals surface area contributed by atoms with Gasteiger partial charge in [-0.25, -0.2) is 0 Å². The van der Waals surface area contributed by atoms with Gasteiger partial charge in [-0.3, -0.25) is 9.78 Å². The van der Waals surface area contributed by atoms with Crippen LogP contribution in [0, 0.1) is 0 Å². The number of benzene rings is 1. The van der Waals surface area contributed by atoms with Gasteiger partial charge in [-0.05, 0) is 38.1 Å². The van der Waals surface area contributed by atoms with Crippen molar-refractivity contribution in [3.8, 4) is 22.9 Å². The summed E-state index contributed by atoms with van der Waals surface area (Å²) < 4.78 is 12.6. The Hall–Kier alpha value is -3.07. The lowest BCUT2D eigenvalue weighted by atomic mass is 10.2. The van der Waals surface area contributed by atoms with Crippen molar-refractivity contribution in [2.75, 3.05) is 12.1 Å². The fourth-order valence-corrected chi connectivity index (χ4v) is 3.72. The van der Waals surface area contributed by atoms with Crippen LogP contribution in [0.1, 0.15) is 13.8 Å². The topological polar surface area (TPSA) is 91.2 Å². The van der Waals surface area contributed by atoms with E-state index >= 15 is 0 Å². The molecule has 1 aliphatic heterocycles. The molecule has 1 N–H and O–H groups in total. The molecule has 0 radical (unpaired) electrons. The highest BCUT2D eigenvalue weighted by Crippen LogP contribution is 2.34. The molecule has 0 saturated heterocycles. The highest BCUT2D eigenvalue weighted by molar-refractivity contribution is 8.00. The van der Waals surface area contributed by atoms with E-state index in [1.807, 2.05) is 30.5 Å². The van der Waals surface area contributed by atoms with Crippen LogP contribution in [-0.2, 0) is 11.3 Å². The molecule has 0 fully saturated rings. The number of thioether (sulfide) groups is 1. The van der Waals surface area contributed by atoms with Gasteiger partial charge < -0.3 is 19.4 Å². The number of carbonyl (C=O) groups is 1. The summed E-state index contributed by atoms with van der Waals surface area (Å²) in [5, 5.41) is 11.8. The molecule has 1 atom stereocenters. The minimum Gasteiger partial charge on any atom is -0.454 e. The second kappa shape index (κ2) is 7.89. The third-order valence-corrected chi connectivity index (χ3v) is 5.34. The van der Waals surface area contributed by atoms with Gasteiger partial charge in [-0.2, -0.15) is 0 Å². The molecule has 1 unspecified atom stereocenters. The summed E-state index contributed by atoms with van der Waals surface area (Å²) in [6, 6.07) is 9.11. The van der Waals surface area contributed by atoms with Crippen molar-refractivity contribution in [3.63, 3.8) is 0 Å². The second-order valence-electron chi connectivity index (χ2n) is 6.10. The predicted octanol–water partition coefficient (Wildman–Crippen LogP) is 3.21. The SMILES string of the molecule is CCn1c(SC(C)C(=O)Nc2ccc3c(c2)OCO3)nnc1-c1ccncc1. The number of rotatable bonds is 6. The third-order valence-electron chi connectivity index (χ3n) is 4.26. The van der Waals surface area contributed by atoms with Crippen LogP contribution < -0.4 is 14.8 Å². The molecule has 1 aliphatic rings. The first-order chi connectivity index (χ1) is 13.7. The van der Waals surface area contributed by atoms with Crippen LogP contribution in [0.15, 0.2) is 47.9 Å². The average Bonchev–Trinajstić information content (AvgIpc) is 3.34. The maximum atomic E-state index is 12.6. The van der Waals surface area contributed by atoms with Crippen LogP contribution in [0.5, 0.6) is 11.5 Å². The number of hydrogen-bond acceptors (Lipinski definition) is 7. The van der Waals surface area contributed by atoms with Gasteiger partial charge in [0.15, 0.2) is 22.5 Å². The number of pyridine rings is 1. The molecule has 0 spiro atoms. The summed E-state index contributed by atoms with van der Waals surface area (Å²) in [6.45, 7) is 4.76. The van der Waals surface area contributed by atoms with Crippen LogP contribution in [0.2, 0.25) is 0 Å². The highest BCUT2D eigenvalue weighted by Gasteiger charge is 2.21. The van der Waals surface area contributed by atoms with E-state index in [1.54, 1.807) is 30.6 Å². The number of anilines is 1. The fourth-order valence-electron chi connectivity index (χ4n) is 2.81. The molecule has 3 aromatic rings. The number of carbonyl (C=O) groups excluding carboxylic acids is 1. The number of nitrogens with zero attached hydrogens (tertiary/aromatic N) is 4. The molecular formula is C19H19N5O3S. The zero-order valence-corrected chi connectivity index (χ0v) is 16.3. The van der Waals surface area contributed by atoms with E-state index in [0.717, 1.165) is 11.4 Å². The van der Waals surface area contributed by atoms with Crippen LogP contribution in [-0.4, -0.2) is 37.7 Å². The van der Waals surface area contributed by atoms with E-state index in [2.05, 4.69) is 20.5 Å². The Morgan fingerprint density at radius 1 is 1.21 bits per heavy atom. The van der Waals surface area contributed by atoms with Crippen molar-refractivity contribution in [3.05, 3.63) is 42.7 Å². The van der Waals surface area contributed by atoms with E-state index in [1.165, 1.54) is 11.8 Å². The summed E-state index contributed by atoms with van der Waals surface area (Å²) in [5.41, 5.74) is 1.60. The molecule has 1 aromatic carbocycles. The number of hydrogen-bond donors (Lipinski definition) is 1. The fraction of sp³-hybridized carbons (Fsp3) is 0.263. The average molecular weight is 397 g/mol. The molecule has 0 saturated carbocycles. The molecule has 0 aliphatic carbocycles. The first-order valence-electron chi connectivity index (χ1n) is 8.86. The number of fused-ring (bicyclic) bond motifs is 1. The second-order valence-corrected chi connectivity index (χ2v) is 7.41. The summed E-state index contributed by atoms with van der Waals surface area (Å²) in [6.07, 6.45) is 3.44. The van der Waals surface area contributed by atoms with E-state index in [4.69, 9.17) is 9.47 Å². The van der Waals surface area contributed by atoms with Crippen molar-refractivity contribution in [1.82, 2.24) is 19.7 Å². The third kappa shape index (κ3) is 3.65. The Kier molecular flexibility index (Phi) is 5.16. The molecule has 28 heavy (non-hydrogen) atoms. The van der Waals surface area contributed by atoms with Crippen molar-refractivity contribution >= 4 is 23.4 Å². The Bertz CT molecular complexity index is 992. The summed E-state index contributed by atoms with van der Waals surface area (Å²) in [4.78, 5) is 16.7. The van der Waals surface area contributed by atoms with Crippen molar-refractivity contribution < 1.29 is 14.3 Å². The molecule has 144 valence electrons. The molecular weight excluding hydrogens is 378 g/mol. The molecule has 0 bridgehead atoms. The quantitative estimate of drug-likeness (QED) is 0.639. The van der Waals surface area contributed by atoms with Crippen molar-refractivity contribution in [1.29, 1.82) is 0 Å². The molecule has 2 aromatic heterocycles. The van der Waals surface area contributed by atoms with Gasteiger partial charge in [0.05, 0.1) is 5.25 Å². The smallest absolute Gasteiger partial charge is 0.237 e. The Morgan fingerprint density at radius 3 is 2.79 bits per heavy atom. The monoisotopic (exact) mass is 397 g/mol. The Labute approximate surface area is 166 Å². The molecule has 8 nitrogen and oxygen atoms in total. The van der Waals surface area contributed by atoms with Crippen molar-refractivity contribution in [2.45, 2.75) is 30.8 Å². The first kappa shape index (κ1) is 18.3. The summed E-state index contributed by atoms with van der Waals surface area (Å²) in [7, 11) is 0. The molecule has 4 rings (SSSR count). The van der Waals surface area contributed by atoms with E-state index in [-0.39, 0.29) is 18.0 Å². The van der Waals surface area contributed by atoms with E-state index in [0.29, 0.717) is 28.9 Å². The number of amides is 1. The number of nitrogens with one attached hydrogen (secondary N) is 1. The minimum atomic E-state index is -0.356. The first-order valence-corrected chi connectivity index (χ1v) is 9.74. The van der Waals surface area contributed by atoms with Crippen LogP contribution in [0.25, 0.3) is 11.4 Å². The zero-order valence-electron chi connectivity index (χ0n) is 15.5. The van der Waals surface area contributed by atoms with E-state index in [9.17, 15) is 4.79 Å². The standard InChI is InChI=1S/C19H19N5O3S/c1-3-24-17(13-6-8-20-9-7-13)22-23-19(24)28-12(2)18(25)21-14-4-5-15-16(10-14)27-11-26-15/h4-10,12H,3,11H2,1-2H3,(H,21,25). The largest absolute Gasteiger partial charge is 0.454 e. The maximum Gasteiger partial charge on any atom is 0.237 e. The van der Waals surface area contributed by atoms with Crippen LogP contribution in [0.3, 0.4) is 0 Å². The van der Waals surface area contributed by atoms with Gasteiger partial charge in [0, 0.05) is 36.3 Å². The molecule has 3 heterocycles. The predicted molar refractivity (Wildman–Crippen MR) is 105 cm³/mol. The summed E-state index contributed by atoms with van der Waals surface area (Å²) >= 11 is 1.37. The lowest BCUT2D eigenvalue weighted by molar-refractivity contribution is -0.115. The van der Waals surface area contributed by atoms with Gasteiger partial charge in [0.25, 0.3) is 0 Å².